The summed E-state index contributed by atoms with van der Waals surface area (Å²) in [6.07, 6.45) is -0.0408. The first-order valence-electron chi connectivity index (χ1n) is 6.65. The lowest BCUT2D eigenvalue weighted by Gasteiger charge is -2.33. The van der Waals surface area contributed by atoms with Crippen LogP contribution in [0.25, 0.3) is 0 Å². The molecule has 0 saturated heterocycles. The van der Waals surface area contributed by atoms with E-state index in [0.29, 0.717) is 5.56 Å². The van der Waals surface area contributed by atoms with Gasteiger partial charge < -0.3 is 10.2 Å². The van der Waals surface area contributed by atoms with Gasteiger partial charge in [0.2, 0.25) is 0 Å². The monoisotopic (exact) mass is 289 g/mol. The Labute approximate surface area is 123 Å². The van der Waals surface area contributed by atoms with Crippen LogP contribution in [0.1, 0.15) is 38.7 Å². The fourth-order valence-electron chi connectivity index (χ4n) is 2.40. The summed E-state index contributed by atoms with van der Waals surface area (Å²) in [5.74, 6) is -2.01. The molecule has 0 bridgehead atoms. The summed E-state index contributed by atoms with van der Waals surface area (Å²) in [7, 11) is 0. The molecule has 0 fully saturated rings. The van der Waals surface area contributed by atoms with Gasteiger partial charge in [-0.1, -0.05) is 30.3 Å². The van der Waals surface area contributed by atoms with Crippen LogP contribution in [-0.2, 0) is 15.0 Å². The average Bonchev–Trinajstić information content (AvgIpc) is 2.44. The molecule has 0 radical (unpaired) electrons. The van der Waals surface area contributed by atoms with E-state index in [1.165, 1.54) is 0 Å². The standard InChI is InChI=1S/C16H19NO4/c1-15(2,14(20)21)10-16(11-17,9-8-13(18)19)12-6-4-3-5-7-12/h3-7H,8-10H2,1-2H3,(H,18,19)(H,20,21). The zero-order valence-electron chi connectivity index (χ0n) is 12.2. The number of carboxylic acids is 2. The molecule has 0 aromatic heterocycles. The summed E-state index contributed by atoms with van der Waals surface area (Å²) in [6.45, 7) is 3.09. The van der Waals surface area contributed by atoms with E-state index >= 15 is 0 Å². The summed E-state index contributed by atoms with van der Waals surface area (Å²) in [4.78, 5) is 22.2. The predicted octanol–water partition coefficient (Wildman–Crippen LogP) is 2.81. The molecular weight excluding hydrogens is 270 g/mol. The maximum Gasteiger partial charge on any atom is 0.309 e. The van der Waals surface area contributed by atoms with Crippen LogP contribution >= 0.6 is 0 Å². The van der Waals surface area contributed by atoms with Gasteiger partial charge in [-0.15, -0.1) is 0 Å². The SMILES string of the molecule is CC(C)(CC(C#N)(CCC(=O)O)c1ccccc1)C(=O)O. The molecule has 0 aliphatic rings. The van der Waals surface area contributed by atoms with E-state index in [1.54, 1.807) is 44.2 Å². The lowest BCUT2D eigenvalue weighted by molar-refractivity contribution is -0.147. The third-order valence-corrected chi connectivity index (χ3v) is 3.63. The topological polar surface area (TPSA) is 98.4 Å². The summed E-state index contributed by atoms with van der Waals surface area (Å²) in [6, 6.07) is 11.0. The molecule has 112 valence electrons. The molecule has 2 N–H and O–H groups in total. The Balaban J connectivity index is 3.24. The van der Waals surface area contributed by atoms with Crippen molar-refractivity contribution in [3.05, 3.63) is 35.9 Å². The Morgan fingerprint density at radius 3 is 2.19 bits per heavy atom. The first-order chi connectivity index (χ1) is 9.73. The van der Waals surface area contributed by atoms with Gasteiger partial charge in [0.15, 0.2) is 0 Å². The van der Waals surface area contributed by atoms with E-state index in [-0.39, 0.29) is 19.3 Å². The van der Waals surface area contributed by atoms with E-state index in [1.807, 2.05) is 0 Å². The Morgan fingerprint density at radius 1 is 1.19 bits per heavy atom. The molecule has 1 unspecified atom stereocenters. The fraction of sp³-hybridized carbons (Fsp3) is 0.438. The lowest BCUT2D eigenvalue weighted by Crippen LogP contribution is -2.36. The van der Waals surface area contributed by atoms with Crippen molar-refractivity contribution in [1.29, 1.82) is 5.26 Å². The highest BCUT2D eigenvalue weighted by atomic mass is 16.4. The van der Waals surface area contributed by atoms with Gasteiger partial charge in [-0.25, -0.2) is 0 Å². The summed E-state index contributed by atoms with van der Waals surface area (Å²) < 4.78 is 0. The number of carbonyl (C=O) groups is 2. The molecule has 0 saturated carbocycles. The molecule has 1 aromatic rings. The molecule has 0 amide bonds. The van der Waals surface area contributed by atoms with Gasteiger partial charge >= 0.3 is 11.9 Å². The largest absolute Gasteiger partial charge is 0.481 e. The van der Waals surface area contributed by atoms with Crippen molar-refractivity contribution in [1.82, 2.24) is 0 Å². The van der Waals surface area contributed by atoms with E-state index in [4.69, 9.17) is 5.11 Å². The fourth-order valence-corrected chi connectivity index (χ4v) is 2.40. The number of rotatable bonds is 7. The number of nitriles is 1. The second-order valence-electron chi connectivity index (χ2n) is 5.82. The van der Waals surface area contributed by atoms with Crippen LogP contribution in [0.2, 0.25) is 0 Å². The average molecular weight is 289 g/mol. The highest BCUT2D eigenvalue weighted by Gasteiger charge is 2.42. The van der Waals surface area contributed by atoms with Gasteiger partial charge in [0.1, 0.15) is 0 Å². The highest BCUT2D eigenvalue weighted by Crippen LogP contribution is 2.40. The van der Waals surface area contributed by atoms with Crippen LogP contribution in [0.4, 0.5) is 0 Å². The van der Waals surface area contributed by atoms with E-state index < -0.39 is 22.8 Å². The third kappa shape index (κ3) is 4.06. The molecule has 1 atom stereocenters. The zero-order chi connectivity index (χ0) is 16.1. The quantitative estimate of drug-likeness (QED) is 0.804. The number of carboxylic acid groups (broad SMARTS) is 2. The molecule has 0 aliphatic carbocycles. The maximum absolute atomic E-state index is 11.4. The van der Waals surface area contributed by atoms with Crippen molar-refractivity contribution < 1.29 is 19.8 Å². The summed E-state index contributed by atoms with van der Waals surface area (Å²) in [5.41, 5.74) is -1.59. The Hall–Kier alpha value is -2.35. The first kappa shape index (κ1) is 16.7. The van der Waals surface area contributed by atoms with Gasteiger partial charge in [-0.2, -0.15) is 5.26 Å². The molecule has 0 spiro atoms. The van der Waals surface area contributed by atoms with Crippen molar-refractivity contribution in [3.63, 3.8) is 0 Å². The molecule has 5 heteroatoms. The molecule has 5 nitrogen and oxygen atoms in total. The smallest absolute Gasteiger partial charge is 0.309 e. The second-order valence-corrected chi connectivity index (χ2v) is 5.82. The minimum atomic E-state index is -1.12. The van der Waals surface area contributed by atoms with E-state index in [0.717, 1.165) is 0 Å². The zero-order valence-corrected chi connectivity index (χ0v) is 12.2. The van der Waals surface area contributed by atoms with Crippen molar-refractivity contribution in [2.24, 2.45) is 5.41 Å². The predicted molar refractivity (Wildman–Crippen MR) is 76.6 cm³/mol. The third-order valence-electron chi connectivity index (χ3n) is 3.63. The van der Waals surface area contributed by atoms with E-state index in [9.17, 15) is 20.0 Å². The van der Waals surface area contributed by atoms with Crippen molar-refractivity contribution >= 4 is 11.9 Å². The van der Waals surface area contributed by atoms with Gasteiger partial charge in [0.25, 0.3) is 0 Å². The van der Waals surface area contributed by atoms with Gasteiger partial charge in [-0.3, -0.25) is 9.59 Å². The minimum Gasteiger partial charge on any atom is -0.481 e. The molecule has 0 heterocycles. The summed E-state index contributed by atoms with van der Waals surface area (Å²) in [5, 5.41) is 27.9. The molecule has 1 aromatic carbocycles. The molecule has 1 rings (SSSR count). The lowest BCUT2D eigenvalue weighted by atomic mass is 9.67. The van der Waals surface area contributed by atoms with Crippen LogP contribution in [0.15, 0.2) is 30.3 Å². The van der Waals surface area contributed by atoms with Crippen molar-refractivity contribution in [3.8, 4) is 6.07 Å². The minimum absolute atomic E-state index is 0.0587. The van der Waals surface area contributed by atoms with Gasteiger partial charge in [0, 0.05) is 6.42 Å². The number of hydrogen-bond acceptors (Lipinski definition) is 3. The summed E-state index contributed by atoms with van der Waals surface area (Å²) >= 11 is 0. The van der Waals surface area contributed by atoms with Crippen LogP contribution in [-0.4, -0.2) is 22.2 Å². The molecule has 21 heavy (non-hydrogen) atoms. The maximum atomic E-state index is 11.4. The number of benzene rings is 1. The Kier molecular flexibility index (Phi) is 5.09. The van der Waals surface area contributed by atoms with Crippen LogP contribution < -0.4 is 0 Å². The Bertz CT molecular complexity index is 559. The van der Waals surface area contributed by atoms with Crippen LogP contribution in [0, 0.1) is 16.7 Å². The number of hydrogen-bond donors (Lipinski definition) is 2. The number of nitrogens with zero attached hydrogens (tertiary/aromatic N) is 1. The molecule has 0 aliphatic heterocycles. The highest BCUT2D eigenvalue weighted by molar-refractivity contribution is 5.74. The molecular formula is C16H19NO4. The van der Waals surface area contributed by atoms with Crippen LogP contribution in [0.5, 0.6) is 0 Å². The first-order valence-corrected chi connectivity index (χ1v) is 6.65. The Morgan fingerprint density at radius 2 is 1.76 bits per heavy atom. The van der Waals surface area contributed by atoms with Gasteiger partial charge in [0.05, 0.1) is 16.9 Å². The van der Waals surface area contributed by atoms with Gasteiger partial charge in [-0.05, 0) is 32.3 Å². The van der Waals surface area contributed by atoms with E-state index in [2.05, 4.69) is 6.07 Å². The normalized spacial score (nSPS) is 14.0. The number of aliphatic carboxylic acids is 2. The van der Waals surface area contributed by atoms with Crippen LogP contribution in [0.3, 0.4) is 0 Å². The second kappa shape index (κ2) is 6.40. The van der Waals surface area contributed by atoms with Crippen molar-refractivity contribution in [2.45, 2.75) is 38.5 Å². The van der Waals surface area contributed by atoms with Crippen molar-refractivity contribution in [2.75, 3.05) is 0 Å².